The summed E-state index contributed by atoms with van der Waals surface area (Å²) in [6, 6.07) is 3.42. The van der Waals surface area contributed by atoms with Crippen LogP contribution in [-0.4, -0.2) is 50.0 Å². The van der Waals surface area contributed by atoms with Crippen molar-refractivity contribution < 1.29 is 13.6 Å². The largest absolute Gasteiger partial charge is 0.409 e. The number of hydrogen-bond acceptors (Lipinski definition) is 6. The van der Waals surface area contributed by atoms with Crippen molar-refractivity contribution in [3.63, 3.8) is 0 Å². The molecule has 7 nitrogen and oxygen atoms in total. The lowest BCUT2D eigenvalue weighted by atomic mass is 10.2. The number of pyridine rings is 1. The third kappa shape index (κ3) is 4.40. The molecule has 1 rings (SSSR count). The Bertz CT molecular complexity index is 584. The molecule has 19 heavy (non-hydrogen) atoms. The van der Waals surface area contributed by atoms with Gasteiger partial charge in [0, 0.05) is 25.5 Å². The minimum atomic E-state index is -3.06. The Morgan fingerprint density at radius 1 is 1.53 bits per heavy atom. The third-order valence-corrected chi connectivity index (χ3v) is 3.48. The summed E-state index contributed by atoms with van der Waals surface area (Å²) >= 11 is 0. The van der Waals surface area contributed by atoms with Crippen LogP contribution in [0.15, 0.2) is 17.3 Å². The lowest BCUT2D eigenvalue weighted by Crippen LogP contribution is -2.29. The van der Waals surface area contributed by atoms with E-state index in [1.807, 2.05) is 6.92 Å². The van der Waals surface area contributed by atoms with E-state index in [2.05, 4.69) is 10.1 Å². The molecule has 0 aromatic carbocycles. The number of hydrogen-bond donors (Lipinski definition) is 2. The van der Waals surface area contributed by atoms with Crippen molar-refractivity contribution >= 4 is 21.5 Å². The summed E-state index contributed by atoms with van der Waals surface area (Å²) < 4.78 is 22.3. The quantitative estimate of drug-likeness (QED) is 0.340. The summed E-state index contributed by atoms with van der Waals surface area (Å²) in [5, 5.41) is 11.7. The molecule has 3 N–H and O–H groups in total. The van der Waals surface area contributed by atoms with Crippen LogP contribution >= 0.6 is 0 Å². The van der Waals surface area contributed by atoms with Crippen LogP contribution in [0.3, 0.4) is 0 Å². The van der Waals surface area contributed by atoms with Crippen molar-refractivity contribution in [2.45, 2.75) is 6.92 Å². The van der Waals surface area contributed by atoms with Gasteiger partial charge in [0.15, 0.2) is 5.84 Å². The first-order valence-corrected chi connectivity index (χ1v) is 7.65. The summed E-state index contributed by atoms with van der Waals surface area (Å²) in [5.74, 6) is 0.432. The van der Waals surface area contributed by atoms with Crippen LogP contribution < -0.4 is 10.6 Å². The predicted molar refractivity (Wildman–Crippen MR) is 74.5 cm³/mol. The minimum Gasteiger partial charge on any atom is -0.409 e. The smallest absolute Gasteiger partial charge is 0.173 e. The molecule has 1 aromatic rings. The van der Waals surface area contributed by atoms with Crippen molar-refractivity contribution in [2.24, 2.45) is 10.9 Å². The second kappa shape index (κ2) is 5.87. The van der Waals surface area contributed by atoms with Gasteiger partial charge in [0.2, 0.25) is 0 Å². The molecule has 0 saturated heterocycles. The lowest BCUT2D eigenvalue weighted by Gasteiger charge is -2.20. The van der Waals surface area contributed by atoms with E-state index < -0.39 is 9.84 Å². The van der Waals surface area contributed by atoms with Crippen molar-refractivity contribution in [3.8, 4) is 0 Å². The van der Waals surface area contributed by atoms with Crippen LogP contribution in [0.5, 0.6) is 0 Å². The Kier molecular flexibility index (Phi) is 4.71. The molecule has 0 aliphatic rings. The number of oxime groups is 1. The van der Waals surface area contributed by atoms with E-state index in [-0.39, 0.29) is 18.1 Å². The fourth-order valence-electron chi connectivity index (χ4n) is 1.50. The highest BCUT2D eigenvalue weighted by atomic mass is 32.2. The number of rotatable bonds is 5. The molecule has 1 aromatic heterocycles. The van der Waals surface area contributed by atoms with Gasteiger partial charge >= 0.3 is 0 Å². The maximum Gasteiger partial charge on any atom is 0.173 e. The van der Waals surface area contributed by atoms with Gasteiger partial charge in [0.05, 0.1) is 11.3 Å². The monoisotopic (exact) mass is 286 g/mol. The Morgan fingerprint density at radius 3 is 2.68 bits per heavy atom. The standard InChI is InChI=1S/C11H18N4O3S/c1-8-4-5-9(10(12)14-16)11(13-8)15(2)6-7-19(3,17)18/h4-5,16H,6-7H2,1-3H3,(H2,12,14). The zero-order chi connectivity index (χ0) is 14.6. The molecule has 1 heterocycles. The van der Waals surface area contributed by atoms with Gasteiger partial charge in [-0.15, -0.1) is 0 Å². The summed E-state index contributed by atoms with van der Waals surface area (Å²) in [6.07, 6.45) is 1.18. The van der Waals surface area contributed by atoms with E-state index in [9.17, 15) is 8.42 Å². The molecule has 0 atom stereocenters. The number of nitrogens with zero attached hydrogens (tertiary/aromatic N) is 3. The summed E-state index contributed by atoms with van der Waals surface area (Å²) in [4.78, 5) is 5.97. The zero-order valence-electron chi connectivity index (χ0n) is 11.2. The van der Waals surface area contributed by atoms with Crippen LogP contribution in [0.4, 0.5) is 5.82 Å². The first-order valence-electron chi connectivity index (χ1n) is 5.59. The SMILES string of the molecule is Cc1ccc(C(N)=NO)c(N(C)CCS(C)(=O)=O)n1. The first-order chi connectivity index (χ1) is 8.74. The summed E-state index contributed by atoms with van der Waals surface area (Å²) in [6.45, 7) is 2.09. The maximum absolute atomic E-state index is 11.2. The molecule has 0 radical (unpaired) electrons. The number of sulfone groups is 1. The van der Waals surface area contributed by atoms with Crippen molar-refractivity contribution in [1.29, 1.82) is 0 Å². The van der Waals surface area contributed by atoms with E-state index in [0.717, 1.165) is 5.69 Å². The van der Waals surface area contributed by atoms with E-state index >= 15 is 0 Å². The van der Waals surface area contributed by atoms with E-state index in [1.54, 1.807) is 24.1 Å². The Balaban J connectivity index is 3.07. The topological polar surface area (TPSA) is 109 Å². The highest BCUT2D eigenvalue weighted by Gasteiger charge is 2.14. The van der Waals surface area contributed by atoms with Crippen LogP contribution in [0, 0.1) is 6.92 Å². The van der Waals surface area contributed by atoms with Gasteiger partial charge in [-0.2, -0.15) is 0 Å². The van der Waals surface area contributed by atoms with Crippen LogP contribution in [0.25, 0.3) is 0 Å². The third-order valence-electron chi connectivity index (χ3n) is 2.56. The summed E-state index contributed by atoms with van der Waals surface area (Å²) in [7, 11) is -1.35. The minimum absolute atomic E-state index is 0.00867. The number of anilines is 1. The second-order valence-electron chi connectivity index (χ2n) is 4.36. The fraction of sp³-hybridized carbons (Fsp3) is 0.455. The molecule has 0 amide bonds. The van der Waals surface area contributed by atoms with Crippen molar-refractivity contribution in [2.75, 3.05) is 30.5 Å². The van der Waals surface area contributed by atoms with Gasteiger partial charge in [-0.3, -0.25) is 0 Å². The lowest BCUT2D eigenvalue weighted by molar-refractivity contribution is 0.318. The van der Waals surface area contributed by atoms with Crippen molar-refractivity contribution in [3.05, 3.63) is 23.4 Å². The molecule has 0 fully saturated rings. The van der Waals surface area contributed by atoms with Gasteiger partial charge in [-0.25, -0.2) is 13.4 Å². The Morgan fingerprint density at radius 2 is 2.16 bits per heavy atom. The molecular formula is C11H18N4O3S. The van der Waals surface area contributed by atoms with Gasteiger partial charge in [0.25, 0.3) is 0 Å². The van der Waals surface area contributed by atoms with Crippen LogP contribution in [0.1, 0.15) is 11.3 Å². The maximum atomic E-state index is 11.2. The second-order valence-corrected chi connectivity index (χ2v) is 6.62. The molecule has 106 valence electrons. The highest BCUT2D eigenvalue weighted by Crippen LogP contribution is 2.17. The zero-order valence-corrected chi connectivity index (χ0v) is 12.0. The number of aromatic nitrogens is 1. The number of aryl methyl sites for hydroxylation is 1. The average molecular weight is 286 g/mol. The van der Waals surface area contributed by atoms with Crippen LogP contribution in [-0.2, 0) is 9.84 Å². The molecule has 0 unspecified atom stereocenters. The highest BCUT2D eigenvalue weighted by molar-refractivity contribution is 7.90. The van der Waals surface area contributed by atoms with Gasteiger partial charge < -0.3 is 15.8 Å². The van der Waals surface area contributed by atoms with E-state index in [4.69, 9.17) is 10.9 Å². The molecular weight excluding hydrogens is 268 g/mol. The molecule has 0 spiro atoms. The Hall–Kier alpha value is -1.83. The fourth-order valence-corrected chi connectivity index (χ4v) is 2.10. The van der Waals surface area contributed by atoms with Crippen molar-refractivity contribution in [1.82, 2.24) is 4.98 Å². The van der Waals surface area contributed by atoms with Gasteiger partial charge in [-0.05, 0) is 19.1 Å². The molecule has 0 aliphatic carbocycles. The molecule has 8 heteroatoms. The summed E-state index contributed by atoms with van der Waals surface area (Å²) in [5.41, 5.74) is 6.80. The number of nitrogens with two attached hydrogens (primary N) is 1. The molecule has 0 bridgehead atoms. The molecule has 0 aliphatic heterocycles. The Labute approximate surface area is 112 Å². The van der Waals surface area contributed by atoms with E-state index in [0.29, 0.717) is 11.4 Å². The molecule has 0 saturated carbocycles. The van der Waals surface area contributed by atoms with Gasteiger partial charge in [-0.1, -0.05) is 5.16 Å². The van der Waals surface area contributed by atoms with Crippen LogP contribution in [0.2, 0.25) is 0 Å². The predicted octanol–water partition coefficient (Wildman–Crippen LogP) is -0.0347. The first kappa shape index (κ1) is 15.2. The normalized spacial score (nSPS) is 12.5. The van der Waals surface area contributed by atoms with Gasteiger partial charge in [0.1, 0.15) is 15.7 Å². The van der Waals surface area contributed by atoms with E-state index in [1.165, 1.54) is 6.26 Å². The average Bonchev–Trinajstić information content (AvgIpc) is 2.34. The number of amidine groups is 1.